The Morgan fingerprint density at radius 2 is 2.47 bits per heavy atom. The van der Waals surface area contributed by atoms with Crippen molar-refractivity contribution in [3.63, 3.8) is 0 Å². The third kappa shape index (κ3) is 1.49. The summed E-state index contributed by atoms with van der Waals surface area (Å²) in [5.41, 5.74) is 1.97. The lowest BCUT2D eigenvalue weighted by Crippen LogP contribution is -2.33. The minimum atomic E-state index is 0.0417. The topological polar surface area (TPSA) is 62.8 Å². The normalized spacial score (nSPS) is 22.0. The first-order valence-electron chi connectivity index (χ1n) is 5.05. The van der Waals surface area contributed by atoms with Crippen LogP contribution >= 0.6 is 0 Å². The lowest BCUT2D eigenvalue weighted by atomic mass is 10.1. The summed E-state index contributed by atoms with van der Waals surface area (Å²) < 4.78 is 5.67. The van der Waals surface area contributed by atoms with E-state index in [1.54, 1.807) is 12.4 Å². The van der Waals surface area contributed by atoms with Gasteiger partial charge in [0, 0.05) is 24.7 Å². The van der Waals surface area contributed by atoms with Crippen LogP contribution < -0.4 is 5.32 Å². The quantitative estimate of drug-likeness (QED) is 0.714. The van der Waals surface area contributed by atoms with Crippen LogP contribution in [-0.2, 0) is 4.74 Å². The molecule has 0 aromatic carbocycles. The van der Waals surface area contributed by atoms with Crippen molar-refractivity contribution in [3.05, 3.63) is 24.2 Å². The van der Waals surface area contributed by atoms with Gasteiger partial charge in [-0.15, -0.1) is 0 Å². The van der Waals surface area contributed by atoms with Crippen molar-refractivity contribution in [2.24, 2.45) is 0 Å². The number of aromatic amines is 1. The fourth-order valence-electron chi connectivity index (χ4n) is 1.89. The smallest absolute Gasteiger partial charge is 0.113 e. The van der Waals surface area contributed by atoms with E-state index < -0.39 is 0 Å². The largest absolute Gasteiger partial charge is 0.369 e. The standard InChI is InChI=1S/C10H12N4O/c1-2-12-10(7-5-13-14-8(1)7)9-6-11-3-4-15-9/h1-2,5,9,11H,3-4,6H2,(H,13,14). The van der Waals surface area contributed by atoms with Gasteiger partial charge in [0.15, 0.2) is 0 Å². The zero-order chi connectivity index (χ0) is 10.1. The third-order valence-corrected chi connectivity index (χ3v) is 2.63. The Labute approximate surface area is 86.8 Å². The van der Waals surface area contributed by atoms with Gasteiger partial charge in [0.2, 0.25) is 0 Å². The molecule has 0 spiro atoms. The molecule has 1 atom stereocenters. The molecule has 0 aliphatic carbocycles. The zero-order valence-electron chi connectivity index (χ0n) is 8.23. The highest BCUT2D eigenvalue weighted by molar-refractivity contribution is 5.80. The van der Waals surface area contributed by atoms with Crippen molar-refractivity contribution >= 4 is 10.9 Å². The van der Waals surface area contributed by atoms with E-state index in [9.17, 15) is 0 Å². The van der Waals surface area contributed by atoms with Crippen molar-refractivity contribution < 1.29 is 4.74 Å². The minimum Gasteiger partial charge on any atom is -0.369 e. The van der Waals surface area contributed by atoms with E-state index >= 15 is 0 Å². The average Bonchev–Trinajstić information content (AvgIpc) is 2.78. The van der Waals surface area contributed by atoms with E-state index in [1.807, 2.05) is 6.07 Å². The molecule has 1 aliphatic rings. The van der Waals surface area contributed by atoms with E-state index in [2.05, 4.69) is 20.5 Å². The number of H-pyrrole nitrogens is 1. The van der Waals surface area contributed by atoms with Gasteiger partial charge in [-0.05, 0) is 6.07 Å². The second-order valence-electron chi connectivity index (χ2n) is 3.59. The van der Waals surface area contributed by atoms with Crippen LogP contribution in [-0.4, -0.2) is 34.9 Å². The van der Waals surface area contributed by atoms with Crippen LogP contribution in [0.1, 0.15) is 11.8 Å². The Bertz CT molecular complexity index is 461. The molecular formula is C10H12N4O. The van der Waals surface area contributed by atoms with Gasteiger partial charge in [-0.2, -0.15) is 5.10 Å². The molecule has 0 bridgehead atoms. The predicted octanol–water partition coefficient (Wildman–Crippen LogP) is 0.619. The van der Waals surface area contributed by atoms with Crippen LogP contribution in [0.3, 0.4) is 0 Å². The molecule has 1 saturated heterocycles. The number of morpholine rings is 1. The number of aromatic nitrogens is 3. The summed E-state index contributed by atoms with van der Waals surface area (Å²) in [6.07, 6.45) is 3.63. The number of pyridine rings is 1. The number of nitrogens with zero attached hydrogens (tertiary/aromatic N) is 2. The van der Waals surface area contributed by atoms with Crippen molar-refractivity contribution in [2.45, 2.75) is 6.10 Å². The second-order valence-corrected chi connectivity index (χ2v) is 3.59. The third-order valence-electron chi connectivity index (χ3n) is 2.63. The fourth-order valence-corrected chi connectivity index (χ4v) is 1.89. The molecule has 0 saturated carbocycles. The van der Waals surface area contributed by atoms with E-state index in [-0.39, 0.29) is 6.10 Å². The van der Waals surface area contributed by atoms with Gasteiger partial charge in [-0.1, -0.05) is 0 Å². The summed E-state index contributed by atoms with van der Waals surface area (Å²) in [4.78, 5) is 4.38. The molecular weight excluding hydrogens is 192 g/mol. The summed E-state index contributed by atoms with van der Waals surface area (Å²) in [5, 5.41) is 11.3. The Balaban J connectivity index is 2.05. The van der Waals surface area contributed by atoms with E-state index in [0.29, 0.717) is 0 Å². The summed E-state index contributed by atoms with van der Waals surface area (Å²) in [6.45, 7) is 2.47. The molecule has 78 valence electrons. The zero-order valence-corrected chi connectivity index (χ0v) is 8.23. The SMILES string of the molecule is c1cc2[nH]ncc2c(C2CNCCO2)n1. The van der Waals surface area contributed by atoms with Gasteiger partial charge in [0.1, 0.15) is 6.10 Å². The fraction of sp³-hybridized carbons (Fsp3) is 0.400. The molecule has 0 amide bonds. The summed E-state index contributed by atoms with van der Waals surface area (Å²) >= 11 is 0. The van der Waals surface area contributed by atoms with Gasteiger partial charge >= 0.3 is 0 Å². The summed E-state index contributed by atoms with van der Waals surface area (Å²) in [6, 6.07) is 1.92. The van der Waals surface area contributed by atoms with Crippen molar-refractivity contribution in [3.8, 4) is 0 Å². The van der Waals surface area contributed by atoms with Crippen molar-refractivity contribution in [1.82, 2.24) is 20.5 Å². The molecule has 15 heavy (non-hydrogen) atoms. The first-order chi connectivity index (χ1) is 7.45. The van der Waals surface area contributed by atoms with Crippen LogP contribution in [0, 0.1) is 0 Å². The van der Waals surface area contributed by atoms with Gasteiger partial charge < -0.3 is 10.1 Å². The van der Waals surface area contributed by atoms with E-state index in [4.69, 9.17) is 4.74 Å². The van der Waals surface area contributed by atoms with Crippen LogP contribution in [0.2, 0.25) is 0 Å². The maximum Gasteiger partial charge on any atom is 0.113 e. The maximum atomic E-state index is 5.67. The first kappa shape index (κ1) is 8.82. The van der Waals surface area contributed by atoms with Gasteiger partial charge in [0.25, 0.3) is 0 Å². The monoisotopic (exact) mass is 204 g/mol. The Hall–Kier alpha value is -1.46. The van der Waals surface area contributed by atoms with Crippen LogP contribution in [0.15, 0.2) is 18.5 Å². The number of ether oxygens (including phenoxy) is 1. The van der Waals surface area contributed by atoms with Gasteiger partial charge in [0.05, 0.1) is 24.0 Å². The van der Waals surface area contributed by atoms with E-state index in [0.717, 1.165) is 36.3 Å². The molecule has 1 fully saturated rings. The number of rotatable bonds is 1. The van der Waals surface area contributed by atoms with Crippen LogP contribution in [0.25, 0.3) is 10.9 Å². The molecule has 1 unspecified atom stereocenters. The molecule has 5 nitrogen and oxygen atoms in total. The molecule has 5 heteroatoms. The summed E-state index contributed by atoms with van der Waals surface area (Å²) in [5.74, 6) is 0. The molecule has 2 N–H and O–H groups in total. The van der Waals surface area contributed by atoms with Crippen LogP contribution in [0.4, 0.5) is 0 Å². The molecule has 2 aromatic rings. The Morgan fingerprint density at radius 3 is 3.33 bits per heavy atom. The Morgan fingerprint density at radius 1 is 1.47 bits per heavy atom. The first-order valence-corrected chi connectivity index (χ1v) is 5.05. The lowest BCUT2D eigenvalue weighted by Gasteiger charge is -2.23. The number of fused-ring (bicyclic) bond motifs is 1. The molecule has 2 aromatic heterocycles. The average molecular weight is 204 g/mol. The molecule has 3 rings (SSSR count). The minimum absolute atomic E-state index is 0.0417. The van der Waals surface area contributed by atoms with Crippen molar-refractivity contribution in [1.29, 1.82) is 0 Å². The highest BCUT2D eigenvalue weighted by Gasteiger charge is 2.19. The highest BCUT2D eigenvalue weighted by Crippen LogP contribution is 2.23. The Kier molecular flexibility index (Phi) is 2.12. The number of hydrogen-bond acceptors (Lipinski definition) is 4. The van der Waals surface area contributed by atoms with E-state index in [1.165, 1.54) is 0 Å². The lowest BCUT2D eigenvalue weighted by molar-refractivity contribution is 0.0260. The number of nitrogens with one attached hydrogen (secondary N) is 2. The van der Waals surface area contributed by atoms with Gasteiger partial charge in [-0.3, -0.25) is 10.1 Å². The number of hydrogen-bond donors (Lipinski definition) is 2. The maximum absolute atomic E-state index is 5.67. The van der Waals surface area contributed by atoms with Gasteiger partial charge in [-0.25, -0.2) is 0 Å². The highest BCUT2D eigenvalue weighted by atomic mass is 16.5. The molecule has 1 aliphatic heterocycles. The van der Waals surface area contributed by atoms with Crippen molar-refractivity contribution in [2.75, 3.05) is 19.7 Å². The van der Waals surface area contributed by atoms with Crippen LogP contribution in [0.5, 0.6) is 0 Å². The molecule has 0 radical (unpaired) electrons. The molecule has 3 heterocycles. The second kappa shape index (κ2) is 3.60. The predicted molar refractivity (Wildman–Crippen MR) is 55.5 cm³/mol. The summed E-state index contributed by atoms with van der Waals surface area (Å²) in [7, 11) is 0.